The zero-order chi connectivity index (χ0) is 12.1. The van der Waals surface area contributed by atoms with Crippen molar-refractivity contribution in [3.8, 4) is 0 Å². The predicted molar refractivity (Wildman–Crippen MR) is 69.7 cm³/mol. The van der Waals surface area contributed by atoms with Gasteiger partial charge in [0.15, 0.2) is 0 Å². The van der Waals surface area contributed by atoms with Gasteiger partial charge in [-0.3, -0.25) is 4.90 Å². The smallest absolute Gasteiger partial charge is 0.0348 e. The summed E-state index contributed by atoms with van der Waals surface area (Å²) < 4.78 is 0. The zero-order valence-corrected chi connectivity index (χ0v) is 11.3. The van der Waals surface area contributed by atoms with E-state index < -0.39 is 0 Å². The van der Waals surface area contributed by atoms with Gasteiger partial charge in [0.2, 0.25) is 0 Å². The van der Waals surface area contributed by atoms with Crippen LogP contribution in [-0.2, 0) is 0 Å². The van der Waals surface area contributed by atoms with E-state index in [-0.39, 0.29) is 0 Å². The Morgan fingerprint density at radius 3 is 2.62 bits per heavy atom. The molecular weight excluding hydrogens is 200 g/mol. The van der Waals surface area contributed by atoms with Gasteiger partial charge < -0.3 is 15.5 Å². The molecule has 1 aliphatic heterocycles. The third-order valence-corrected chi connectivity index (χ3v) is 3.56. The highest BCUT2D eigenvalue weighted by molar-refractivity contribution is 4.84. The highest BCUT2D eigenvalue weighted by atomic mass is 15.3. The van der Waals surface area contributed by atoms with Crippen LogP contribution in [0.25, 0.3) is 0 Å². The van der Waals surface area contributed by atoms with E-state index in [0.717, 1.165) is 26.2 Å². The lowest BCUT2D eigenvalue weighted by Gasteiger charge is -2.34. The molecule has 2 unspecified atom stereocenters. The van der Waals surface area contributed by atoms with Gasteiger partial charge in [0.05, 0.1) is 0 Å². The van der Waals surface area contributed by atoms with Gasteiger partial charge in [-0.1, -0.05) is 0 Å². The molecule has 1 aliphatic rings. The predicted octanol–water partition coefficient (Wildman–Crippen LogP) is -0.0987. The monoisotopic (exact) mass is 228 g/mol. The molecule has 0 saturated carbocycles. The highest BCUT2D eigenvalue weighted by Crippen LogP contribution is 2.14. The largest absolute Gasteiger partial charge is 0.329 e. The molecule has 4 heteroatoms. The molecule has 96 valence electrons. The van der Waals surface area contributed by atoms with Gasteiger partial charge in [0, 0.05) is 38.3 Å². The molecule has 0 amide bonds. The lowest BCUT2D eigenvalue weighted by atomic mass is 10.1. The molecule has 1 heterocycles. The molecular formula is C12H28N4. The Morgan fingerprint density at radius 2 is 2.06 bits per heavy atom. The van der Waals surface area contributed by atoms with E-state index in [1.54, 1.807) is 0 Å². The molecule has 0 aromatic rings. The summed E-state index contributed by atoms with van der Waals surface area (Å²) in [6.45, 7) is 7.64. The molecule has 2 atom stereocenters. The summed E-state index contributed by atoms with van der Waals surface area (Å²) in [5, 5.41) is 0. The second-order valence-electron chi connectivity index (χ2n) is 5.33. The average molecular weight is 228 g/mol. The van der Waals surface area contributed by atoms with Crippen LogP contribution in [0, 0.1) is 0 Å². The van der Waals surface area contributed by atoms with Crippen molar-refractivity contribution in [2.45, 2.75) is 25.4 Å². The van der Waals surface area contributed by atoms with Gasteiger partial charge in [-0.2, -0.15) is 0 Å². The SMILES string of the molecule is CC1CCN(C)CC(CN)N1CCN(C)C. The van der Waals surface area contributed by atoms with Crippen LogP contribution in [0.2, 0.25) is 0 Å². The molecule has 0 spiro atoms. The van der Waals surface area contributed by atoms with Crippen molar-refractivity contribution < 1.29 is 0 Å². The lowest BCUT2D eigenvalue weighted by Crippen LogP contribution is -2.50. The van der Waals surface area contributed by atoms with Crippen molar-refractivity contribution in [3.63, 3.8) is 0 Å². The Balaban J connectivity index is 2.59. The molecule has 2 N–H and O–H groups in total. The quantitative estimate of drug-likeness (QED) is 0.729. The van der Waals surface area contributed by atoms with E-state index in [2.05, 4.69) is 42.8 Å². The topological polar surface area (TPSA) is 35.7 Å². The minimum Gasteiger partial charge on any atom is -0.329 e. The molecule has 1 saturated heterocycles. The zero-order valence-electron chi connectivity index (χ0n) is 11.3. The second-order valence-corrected chi connectivity index (χ2v) is 5.33. The fourth-order valence-electron chi connectivity index (χ4n) is 2.42. The normalized spacial score (nSPS) is 29.6. The first-order valence-electron chi connectivity index (χ1n) is 6.33. The Morgan fingerprint density at radius 1 is 1.38 bits per heavy atom. The maximum Gasteiger partial charge on any atom is 0.0348 e. The molecule has 0 radical (unpaired) electrons. The van der Waals surface area contributed by atoms with E-state index in [0.29, 0.717) is 12.1 Å². The summed E-state index contributed by atoms with van der Waals surface area (Å²) in [6.07, 6.45) is 1.25. The van der Waals surface area contributed by atoms with Gasteiger partial charge in [0.1, 0.15) is 0 Å². The number of nitrogens with two attached hydrogens (primary N) is 1. The van der Waals surface area contributed by atoms with Gasteiger partial charge >= 0.3 is 0 Å². The Hall–Kier alpha value is -0.160. The standard InChI is InChI=1S/C12H28N4/c1-11-5-6-15(4)10-12(9-13)16(11)8-7-14(2)3/h11-12H,5-10,13H2,1-4H3. The van der Waals surface area contributed by atoms with E-state index in [9.17, 15) is 0 Å². The molecule has 0 aromatic carbocycles. The number of rotatable bonds is 4. The van der Waals surface area contributed by atoms with Gasteiger partial charge in [-0.05, 0) is 41.0 Å². The van der Waals surface area contributed by atoms with Gasteiger partial charge in [0.25, 0.3) is 0 Å². The number of nitrogens with zero attached hydrogens (tertiary/aromatic N) is 3. The van der Waals surface area contributed by atoms with E-state index in [1.807, 2.05) is 0 Å². The Bertz CT molecular complexity index is 195. The summed E-state index contributed by atoms with van der Waals surface area (Å²) >= 11 is 0. The molecule has 0 aromatic heterocycles. The summed E-state index contributed by atoms with van der Waals surface area (Å²) in [4.78, 5) is 7.24. The summed E-state index contributed by atoms with van der Waals surface area (Å²) in [7, 11) is 6.46. The van der Waals surface area contributed by atoms with Crippen LogP contribution in [0.5, 0.6) is 0 Å². The fourth-order valence-corrected chi connectivity index (χ4v) is 2.42. The lowest BCUT2D eigenvalue weighted by molar-refractivity contribution is 0.136. The maximum atomic E-state index is 5.91. The van der Waals surface area contributed by atoms with Crippen molar-refractivity contribution in [1.29, 1.82) is 0 Å². The first-order chi connectivity index (χ1) is 7.54. The van der Waals surface area contributed by atoms with Crippen molar-refractivity contribution in [2.75, 3.05) is 53.9 Å². The first kappa shape index (κ1) is 13.9. The maximum absolute atomic E-state index is 5.91. The van der Waals surface area contributed by atoms with Crippen LogP contribution in [0.15, 0.2) is 0 Å². The average Bonchev–Trinajstić information content (AvgIpc) is 2.36. The molecule has 1 fully saturated rings. The number of hydrogen-bond donors (Lipinski definition) is 1. The minimum absolute atomic E-state index is 0.516. The van der Waals surface area contributed by atoms with E-state index >= 15 is 0 Å². The van der Waals surface area contributed by atoms with E-state index in [1.165, 1.54) is 13.0 Å². The van der Waals surface area contributed by atoms with Crippen LogP contribution >= 0.6 is 0 Å². The Labute approximate surface area is 100 Å². The first-order valence-corrected chi connectivity index (χ1v) is 6.33. The van der Waals surface area contributed by atoms with Crippen molar-refractivity contribution in [1.82, 2.24) is 14.7 Å². The minimum atomic E-state index is 0.516. The van der Waals surface area contributed by atoms with Crippen LogP contribution in [0.1, 0.15) is 13.3 Å². The second kappa shape index (κ2) is 6.55. The van der Waals surface area contributed by atoms with Crippen LogP contribution < -0.4 is 5.73 Å². The summed E-state index contributed by atoms with van der Waals surface area (Å²) in [5.41, 5.74) is 5.91. The fraction of sp³-hybridized carbons (Fsp3) is 1.00. The number of hydrogen-bond acceptors (Lipinski definition) is 4. The Kier molecular flexibility index (Phi) is 5.69. The third kappa shape index (κ3) is 4.01. The van der Waals surface area contributed by atoms with Gasteiger partial charge in [-0.15, -0.1) is 0 Å². The molecule has 0 bridgehead atoms. The van der Waals surface area contributed by atoms with Crippen molar-refractivity contribution in [3.05, 3.63) is 0 Å². The van der Waals surface area contributed by atoms with Crippen LogP contribution in [-0.4, -0.2) is 80.7 Å². The van der Waals surface area contributed by atoms with E-state index in [4.69, 9.17) is 5.73 Å². The molecule has 0 aliphatic carbocycles. The van der Waals surface area contributed by atoms with Gasteiger partial charge in [-0.25, -0.2) is 0 Å². The summed E-state index contributed by atoms with van der Waals surface area (Å²) in [5.74, 6) is 0. The molecule has 16 heavy (non-hydrogen) atoms. The summed E-state index contributed by atoms with van der Waals surface area (Å²) in [6, 6.07) is 1.17. The molecule has 4 nitrogen and oxygen atoms in total. The van der Waals surface area contributed by atoms with Crippen molar-refractivity contribution >= 4 is 0 Å². The van der Waals surface area contributed by atoms with Crippen molar-refractivity contribution in [2.24, 2.45) is 5.73 Å². The van der Waals surface area contributed by atoms with Crippen LogP contribution in [0.3, 0.4) is 0 Å². The highest BCUT2D eigenvalue weighted by Gasteiger charge is 2.26. The number of likely N-dealkylation sites (N-methyl/N-ethyl adjacent to an activating group) is 2. The third-order valence-electron chi connectivity index (χ3n) is 3.56. The van der Waals surface area contributed by atoms with Crippen LogP contribution in [0.4, 0.5) is 0 Å². The molecule has 1 rings (SSSR count).